The largest absolute Gasteiger partial charge is 0.372 e. The molecule has 1 N–H and O–H groups in total. The number of rotatable bonds is 4. The second-order valence-electron chi connectivity index (χ2n) is 3.72. The monoisotopic (exact) mass is 170 g/mol. The van der Waals surface area contributed by atoms with Crippen LogP contribution >= 0.6 is 0 Å². The lowest BCUT2D eigenvalue weighted by atomic mass is 10.2. The molecule has 0 amide bonds. The van der Waals surface area contributed by atoms with Gasteiger partial charge in [0.25, 0.3) is 0 Å². The van der Waals surface area contributed by atoms with Crippen LogP contribution in [0.2, 0.25) is 0 Å². The Bertz CT molecular complexity index is 137. The molecule has 0 aliphatic heterocycles. The molecule has 0 spiro atoms. The average molecular weight is 170 g/mol. The molecule has 0 saturated heterocycles. The number of hydrogen-bond donors (Lipinski definition) is 1. The van der Waals surface area contributed by atoms with Crippen molar-refractivity contribution in [1.82, 2.24) is 5.32 Å². The van der Waals surface area contributed by atoms with E-state index in [1.807, 2.05) is 0 Å². The molecule has 12 heavy (non-hydrogen) atoms. The fraction of sp³-hybridized carbons (Fsp3) is 0.900. The molecule has 0 heterocycles. The topological polar surface area (TPSA) is 24.4 Å². The zero-order valence-corrected chi connectivity index (χ0v) is 9.02. The molecule has 0 aromatic rings. The highest BCUT2D eigenvalue weighted by Gasteiger charge is 2.00. The maximum atomic E-state index is 4.51. The van der Waals surface area contributed by atoms with Crippen LogP contribution in [0.5, 0.6) is 0 Å². The molecule has 0 aromatic heterocycles. The van der Waals surface area contributed by atoms with Crippen molar-refractivity contribution in [2.24, 2.45) is 4.99 Å². The quantitative estimate of drug-likeness (QED) is 0.509. The normalized spacial score (nSPS) is 12.8. The molecule has 0 aromatic carbocycles. The van der Waals surface area contributed by atoms with Gasteiger partial charge in [0, 0.05) is 18.5 Å². The highest BCUT2D eigenvalue weighted by Crippen LogP contribution is 1.95. The van der Waals surface area contributed by atoms with Gasteiger partial charge in [0.1, 0.15) is 0 Å². The lowest BCUT2D eigenvalue weighted by Gasteiger charge is -2.13. The molecule has 0 unspecified atom stereocenters. The lowest BCUT2D eigenvalue weighted by molar-refractivity contribution is 0.700. The summed E-state index contributed by atoms with van der Waals surface area (Å²) in [4.78, 5) is 4.51. The summed E-state index contributed by atoms with van der Waals surface area (Å²) in [5, 5.41) is 3.36. The molecule has 0 atom stereocenters. The molecule has 0 aliphatic carbocycles. The molecule has 0 saturated carbocycles. The van der Waals surface area contributed by atoms with Crippen LogP contribution in [0, 0.1) is 0 Å². The van der Waals surface area contributed by atoms with E-state index in [0.29, 0.717) is 12.1 Å². The van der Waals surface area contributed by atoms with Crippen molar-refractivity contribution >= 4 is 5.84 Å². The van der Waals surface area contributed by atoms with Gasteiger partial charge in [-0.3, -0.25) is 4.99 Å². The van der Waals surface area contributed by atoms with E-state index in [1.54, 1.807) is 0 Å². The zero-order chi connectivity index (χ0) is 9.56. The van der Waals surface area contributed by atoms with Crippen molar-refractivity contribution in [3.63, 3.8) is 0 Å². The molecule has 72 valence electrons. The minimum Gasteiger partial charge on any atom is -0.372 e. The van der Waals surface area contributed by atoms with E-state index in [-0.39, 0.29) is 0 Å². The van der Waals surface area contributed by atoms with Gasteiger partial charge in [0.2, 0.25) is 0 Å². The van der Waals surface area contributed by atoms with Gasteiger partial charge in [-0.15, -0.1) is 0 Å². The van der Waals surface area contributed by atoms with E-state index >= 15 is 0 Å². The van der Waals surface area contributed by atoms with Crippen molar-refractivity contribution in [2.45, 2.75) is 59.5 Å². The first-order valence-electron chi connectivity index (χ1n) is 4.89. The Morgan fingerprint density at radius 1 is 1.25 bits per heavy atom. The predicted molar refractivity (Wildman–Crippen MR) is 55.8 cm³/mol. The van der Waals surface area contributed by atoms with Gasteiger partial charge in [0.15, 0.2) is 0 Å². The summed E-state index contributed by atoms with van der Waals surface area (Å²) in [6.07, 6.45) is 2.22. The molecule has 2 nitrogen and oxygen atoms in total. The Hall–Kier alpha value is -0.530. The second kappa shape index (κ2) is 6.04. The van der Waals surface area contributed by atoms with Crippen molar-refractivity contribution in [3.8, 4) is 0 Å². The maximum Gasteiger partial charge on any atom is 0.0968 e. The van der Waals surface area contributed by atoms with Gasteiger partial charge >= 0.3 is 0 Å². The maximum absolute atomic E-state index is 4.51. The third kappa shape index (κ3) is 6.20. The van der Waals surface area contributed by atoms with Crippen LogP contribution < -0.4 is 5.32 Å². The minimum absolute atomic E-state index is 0.401. The van der Waals surface area contributed by atoms with Gasteiger partial charge in [-0.2, -0.15) is 0 Å². The standard InChI is InChI=1S/C10H22N2/c1-6-7-10(11-8(2)3)12-9(4)5/h8-9H,6-7H2,1-5H3,(H,11,12). The fourth-order valence-corrected chi connectivity index (χ4v) is 1.06. The van der Waals surface area contributed by atoms with E-state index in [2.05, 4.69) is 44.9 Å². The number of nitrogens with one attached hydrogen (secondary N) is 1. The van der Waals surface area contributed by atoms with Gasteiger partial charge in [0.05, 0.1) is 5.84 Å². The molecule has 0 aliphatic rings. The third-order valence-electron chi connectivity index (χ3n) is 1.36. The summed E-state index contributed by atoms with van der Waals surface area (Å²) < 4.78 is 0. The highest BCUT2D eigenvalue weighted by atomic mass is 15.0. The first-order chi connectivity index (χ1) is 5.56. The van der Waals surface area contributed by atoms with Crippen LogP contribution in [0.1, 0.15) is 47.5 Å². The Balaban J connectivity index is 4.03. The van der Waals surface area contributed by atoms with E-state index in [0.717, 1.165) is 18.7 Å². The summed E-state index contributed by atoms with van der Waals surface area (Å²) >= 11 is 0. The van der Waals surface area contributed by atoms with Gasteiger partial charge in [-0.25, -0.2) is 0 Å². The van der Waals surface area contributed by atoms with Gasteiger partial charge < -0.3 is 5.32 Å². The van der Waals surface area contributed by atoms with E-state index in [9.17, 15) is 0 Å². The second-order valence-corrected chi connectivity index (χ2v) is 3.72. The number of nitrogens with zero attached hydrogens (tertiary/aromatic N) is 1. The van der Waals surface area contributed by atoms with E-state index in [1.165, 1.54) is 0 Å². The highest BCUT2D eigenvalue weighted by molar-refractivity contribution is 5.82. The number of aliphatic imine (C=N–C) groups is 1. The summed E-state index contributed by atoms with van der Waals surface area (Å²) in [5.41, 5.74) is 0. The van der Waals surface area contributed by atoms with Crippen molar-refractivity contribution < 1.29 is 0 Å². The Labute approximate surface area is 76.5 Å². The number of hydrogen-bond acceptors (Lipinski definition) is 1. The van der Waals surface area contributed by atoms with Crippen LogP contribution in [0.15, 0.2) is 4.99 Å². The van der Waals surface area contributed by atoms with Gasteiger partial charge in [-0.1, -0.05) is 6.92 Å². The van der Waals surface area contributed by atoms with E-state index < -0.39 is 0 Å². The molecule has 0 fully saturated rings. The molecular weight excluding hydrogens is 148 g/mol. The van der Waals surface area contributed by atoms with Crippen LogP contribution in [0.3, 0.4) is 0 Å². The zero-order valence-electron chi connectivity index (χ0n) is 9.02. The van der Waals surface area contributed by atoms with Gasteiger partial charge in [-0.05, 0) is 34.1 Å². The number of amidine groups is 1. The van der Waals surface area contributed by atoms with Crippen molar-refractivity contribution in [2.75, 3.05) is 0 Å². The smallest absolute Gasteiger partial charge is 0.0968 e. The molecule has 0 rings (SSSR count). The molecule has 0 radical (unpaired) electrons. The van der Waals surface area contributed by atoms with Crippen molar-refractivity contribution in [1.29, 1.82) is 0 Å². The predicted octanol–water partition coefficient (Wildman–Crippen LogP) is 2.59. The summed E-state index contributed by atoms with van der Waals surface area (Å²) in [6.45, 7) is 10.7. The Kier molecular flexibility index (Phi) is 5.77. The Morgan fingerprint density at radius 3 is 2.17 bits per heavy atom. The molecule has 2 heteroatoms. The fourth-order valence-electron chi connectivity index (χ4n) is 1.06. The van der Waals surface area contributed by atoms with Crippen LogP contribution in [-0.2, 0) is 0 Å². The SMILES string of the molecule is CCCC(=NC(C)C)NC(C)C. The van der Waals surface area contributed by atoms with Crippen LogP contribution in [-0.4, -0.2) is 17.9 Å². The molecular formula is C10H22N2. The lowest BCUT2D eigenvalue weighted by Crippen LogP contribution is -2.30. The van der Waals surface area contributed by atoms with Crippen LogP contribution in [0.25, 0.3) is 0 Å². The molecule has 0 bridgehead atoms. The average Bonchev–Trinajstić information content (AvgIpc) is 1.84. The summed E-state index contributed by atoms with van der Waals surface area (Å²) in [6, 6.07) is 0.895. The Morgan fingerprint density at radius 2 is 1.83 bits per heavy atom. The first-order valence-corrected chi connectivity index (χ1v) is 4.89. The summed E-state index contributed by atoms with van der Waals surface area (Å²) in [5.74, 6) is 1.16. The van der Waals surface area contributed by atoms with E-state index in [4.69, 9.17) is 0 Å². The van der Waals surface area contributed by atoms with Crippen LogP contribution in [0.4, 0.5) is 0 Å². The third-order valence-corrected chi connectivity index (χ3v) is 1.36. The first kappa shape index (κ1) is 11.5. The summed E-state index contributed by atoms with van der Waals surface area (Å²) in [7, 11) is 0. The van der Waals surface area contributed by atoms with Crippen molar-refractivity contribution in [3.05, 3.63) is 0 Å². The minimum atomic E-state index is 0.401.